The molecule has 0 heterocycles. The van der Waals surface area contributed by atoms with Crippen molar-refractivity contribution in [1.29, 1.82) is 0 Å². The monoisotopic (exact) mass is 531 g/mol. The van der Waals surface area contributed by atoms with Gasteiger partial charge in [-0.3, -0.25) is 10.1 Å². The maximum absolute atomic E-state index is 11.3. The van der Waals surface area contributed by atoms with Gasteiger partial charge in [0.15, 0.2) is 5.75 Å². The van der Waals surface area contributed by atoms with Crippen LogP contribution in [0.1, 0.15) is 12.5 Å². The van der Waals surface area contributed by atoms with Gasteiger partial charge in [0.25, 0.3) is 5.69 Å². The molecule has 14 heteroatoms. The van der Waals surface area contributed by atoms with E-state index in [1.165, 1.54) is 18.2 Å². The summed E-state index contributed by atoms with van der Waals surface area (Å²) in [7, 11) is 0. The van der Waals surface area contributed by atoms with Gasteiger partial charge in [0.2, 0.25) is 0 Å². The lowest BCUT2D eigenvalue weighted by Gasteiger charge is -2.10. The zero-order valence-corrected chi connectivity index (χ0v) is 20.0. The van der Waals surface area contributed by atoms with Crippen molar-refractivity contribution < 1.29 is 39.3 Å². The zero-order chi connectivity index (χ0) is 25.7. The molecule has 0 aliphatic rings. The highest BCUT2D eigenvalue weighted by molar-refractivity contribution is 7.95. The molecular weight excluding hydrogens is 514 g/mol. The Morgan fingerprint density at radius 2 is 1.61 bits per heavy atom. The van der Waals surface area contributed by atoms with Gasteiger partial charge in [0.1, 0.15) is 5.69 Å². The van der Waals surface area contributed by atoms with Crippen molar-refractivity contribution in [2.75, 3.05) is 0 Å². The molecule has 3 N–H and O–H groups in total. The van der Waals surface area contributed by atoms with Crippen LogP contribution in [0.4, 0.5) is 17.1 Å². The van der Waals surface area contributed by atoms with Crippen LogP contribution >= 0.6 is 24.1 Å². The molecule has 186 valence electrons. The summed E-state index contributed by atoms with van der Waals surface area (Å²) in [6.45, 7) is 2.01. The number of hydrogen-bond acceptors (Lipinski definition) is 13. The molecular formula is C22H17N3O9S2. The standard InChI is InChI=1S/C22H17N3O9S2/c1-2-12-3-5-15-13(9-12)10-20(36-34-32-30)21(22(15)26)24-23-18-7-8-19(35-33-31-29)17-11-14(25(27)28)4-6-16(17)18/h3-11,26,29-30H,2H2,1H3. The fraction of sp³-hybridized carbons (Fsp3) is 0.0909. The van der Waals surface area contributed by atoms with Crippen LogP contribution in [-0.2, 0) is 25.2 Å². The summed E-state index contributed by atoms with van der Waals surface area (Å²) in [5.74, 6) is -0.163. The van der Waals surface area contributed by atoms with E-state index in [1.54, 1.807) is 24.3 Å². The van der Waals surface area contributed by atoms with E-state index in [4.69, 9.17) is 10.5 Å². The smallest absolute Gasteiger partial charge is 0.270 e. The van der Waals surface area contributed by atoms with Crippen LogP contribution in [-0.4, -0.2) is 20.5 Å². The fourth-order valence-electron chi connectivity index (χ4n) is 3.56. The van der Waals surface area contributed by atoms with Gasteiger partial charge in [-0.25, -0.2) is 10.5 Å². The number of nitrogens with zero attached hydrogens (tertiary/aromatic N) is 3. The normalized spacial score (nSPS) is 11.6. The summed E-state index contributed by atoms with van der Waals surface area (Å²) in [6.07, 6.45) is 0.797. The van der Waals surface area contributed by atoms with Crippen molar-refractivity contribution in [3.8, 4) is 5.75 Å². The average Bonchev–Trinajstić information content (AvgIpc) is 2.89. The fourth-order valence-corrected chi connectivity index (χ4v) is 4.54. The number of phenolic OH excluding ortho intramolecular Hbond substituents is 1. The van der Waals surface area contributed by atoms with Gasteiger partial charge in [-0.05, 0) is 41.6 Å². The van der Waals surface area contributed by atoms with Crippen LogP contribution in [0.5, 0.6) is 5.75 Å². The van der Waals surface area contributed by atoms with Crippen molar-refractivity contribution in [3.63, 3.8) is 0 Å². The quantitative estimate of drug-likeness (QED) is 0.0611. The van der Waals surface area contributed by atoms with E-state index in [-0.39, 0.29) is 17.1 Å². The minimum atomic E-state index is -0.546. The van der Waals surface area contributed by atoms with E-state index < -0.39 is 4.92 Å². The molecule has 12 nitrogen and oxygen atoms in total. The molecule has 0 saturated carbocycles. The Balaban J connectivity index is 1.84. The van der Waals surface area contributed by atoms with E-state index in [1.807, 2.05) is 19.1 Å². The number of fused-ring (bicyclic) bond motifs is 2. The van der Waals surface area contributed by atoms with E-state index in [2.05, 4.69) is 29.0 Å². The molecule has 4 aromatic carbocycles. The summed E-state index contributed by atoms with van der Waals surface area (Å²) in [6, 6.07) is 14.5. The van der Waals surface area contributed by atoms with Gasteiger partial charge in [-0.1, -0.05) is 35.2 Å². The van der Waals surface area contributed by atoms with Crippen molar-refractivity contribution in [2.45, 2.75) is 23.1 Å². The maximum Gasteiger partial charge on any atom is 0.270 e. The van der Waals surface area contributed by atoms with Crippen LogP contribution < -0.4 is 0 Å². The summed E-state index contributed by atoms with van der Waals surface area (Å²) in [5.41, 5.74) is 1.27. The van der Waals surface area contributed by atoms with E-state index in [0.717, 1.165) is 17.4 Å². The molecule has 0 radical (unpaired) electrons. The number of phenols is 1. The number of rotatable bonds is 10. The Morgan fingerprint density at radius 1 is 0.889 bits per heavy atom. The molecule has 0 aliphatic heterocycles. The lowest BCUT2D eigenvalue weighted by Crippen LogP contribution is -1.89. The summed E-state index contributed by atoms with van der Waals surface area (Å²) in [5, 5.41) is 57.3. The number of hydrogen-bond donors (Lipinski definition) is 3. The first kappa shape index (κ1) is 25.7. The predicted octanol–water partition coefficient (Wildman–Crippen LogP) is 7.44. The lowest BCUT2D eigenvalue weighted by molar-refractivity contribution is -0.432. The van der Waals surface area contributed by atoms with E-state index >= 15 is 0 Å². The molecule has 0 unspecified atom stereocenters. The third-order valence-electron chi connectivity index (χ3n) is 5.24. The second-order valence-electron chi connectivity index (χ2n) is 7.20. The van der Waals surface area contributed by atoms with Gasteiger partial charge >= 0.3 is 0 Å². The van der Waals surface area contributed by atoms with Crippen molar-refractivity contribution >= 4 is 62.7 Å². The second kappa shape index (κ2) is 11.6. The SMILES string of the molecule is CCc1ccc2c(O)c(N=Nc3ccc(SOOO)c4cc([N+](=O)[O-])ccc34)c(SOOO)cc2c1. The molecule has 4 rings (SSSR count). The Bertz CT molecular complexity index is 1470. The van der Waals surface area contributed by atoms with Crippen LogP contribution in [0.25, 0.3) is 21.5 Å². The summed E-state index contributed by atoms with van der Waals surface area (Å²) < 4.78 is 9.07. The van der Waals surface area contributed by atoms with Crippen LogP contribution in [0.3, 0.4) is 0 Å². The molecule has 36 heavy (non-hydrogen) atoms. The van der Waals surface area contributed by atoms with Gasteiger partial charge in [0.05, 0.1) is 39.6 Å². The largest absolute Gasteiger partial charge is 0.505 e. The highest BCUT2D eigenvalue weighted by atomic mass is 32.2. The Kier molecular flexibility index (Phi) is 8.29. The predicted molar refractivity (Wildman–Crippen MR) is 131 cm³/mol. The molecule has 0 saturated heterocycles. The number of nitro benzene ring substituents is 1. The Labute approximate surface area is 211 Å². The van der Waals surface area contributed by atoms with Crippen molar-refractivity contribution in [3.05, 3.63) is 70.3 Å². The molecule has 0 fully saturated rings. The number of aryl methyl sites for hydroxylation is 1. The van der Waals surface area contributed by atoms with Crippen LogP contribution in [0.2, 0.25) is 0 Å². The highest BCUT2D eigenvalue weighted by Gasteiger charge is 2.17. The molecule has 0 bridgehead atoms. The third kappa shape index (κ3) is 5.40. The molecule has 0 aromatic heterocycles. The topological polar surface area (TPSA) is 165 Å². The van der Waals surface area contributed by atoms with Crippen molar-refractivity contribution in [2.24, 2.45) is 10.2 Å². The summed E-state index contributed by atoms with van der Waals surface area (Å²) >= 11 is 1.27. The van der Waals surface area contributed by atoms with Gasteiger partial charge in [-0.15, -0.1) is 18.9 Å². The molecule has 0 amide bonds. The zero-order valence-electron chi connectivity index (χ0n) is 18.4. The maximum atomic E-state index is 11.3. The number of benzene rings is 4. The molecule has 0 aliphatic carbocycles. The summed E-state index contributed by atoms with van der Waals surface area (Å²) in [4.78, 5) is 11.4. The minimum absolute atomic E-state index is 0.0549. The average molecular weight is 532 g/mol. The first-order valence-electron chi connectivity index (χ1n) is 10.2. The minimum Gasteiger partial charge on any atom is -0.505 e. The Hall–Kier alpha value is -3.34. The number of nitro groups is 1. The lowest BCUT2D eigenvalue weighted by atomic mass is 10.0. The van der Waals surface area contributed by atoms with Gasteiger partial charge in [-0.2, -0.15) is 0 Å². The van der Waals surface area contributed by atoms with Crippen molar-refractivity contribution in [1.82, 2.24) is 0 Å². The molecule has 0 atom stereocenters. The third-order valence-corrected chi connectivity index (χ3v) is 6.52. The second-order valence-corrected chi connectivity index (χ2v) is 8.69. The van der Waals surface area contributed by atoms with Gasteiger partial charge < -0.3 is 5.11 Å². The number of aromatic hydroxyl groups is 1. The van der Waals surface area contributed by atoms with Crippen LogP contribution in [0.15, 0.2) is 74.6 Å². The highest BCUT2D eigenvalue weighted by Crippen LogP contribution is 2.45. The van der Waals surface area contributed by atoms with E-state index in [0.29, 0.717) is 55.7 Å². The van der Waals surface area contributed by atoms with E-state index in [9.17, 15) is 15.2 Å². The molecule has 4 aromatic rings. The van der Waals surface area contributed by atoms with Crippen LogP contribution in [0, 0.1) is 10.1 Å². The first-order valence-corrected chi connectivity index (χ1v) is 11.7. The van der Waals surface area contributed by atoms with Gasteiger partial charge in [0, 0.05) is 33.2 Å². The first-order chi connectivity index (χ1) is 17.5. The Morgan fingerprint density at radius 3 is 2.31 bits per heavy atom. The molecule has 0 spiro atoms. The number of azo groups is 1. The number of non-ortho nitro benzene ring substituents is 1.